The molecule has 0 bridgehead atoms. The van der Waals surface area contributed by atoms with E-state index >= 15 is 0 Å². The molecule has 0 saturated carbocycles. The summed E-state index contributed by atoms with van der Waals surface area (Å²) < 4.78 is 2.11. The van der Waals surface area contributed by atoms with Crippen LogP contribution in [-0.4, -0.2) is 33.8 Å². The van der Waals surface area contributed by atoms with Crippen LogP contribution < -0.4 is 5.73 Å². The van der Waals surface area contributed by atoms with Crippen molar-refractivity contribution in [1.29, 1.82) is 0 Å². The molecule has 102 valence electrons. The topological polar surface area (TPSA) is 47.1 Å². The number of aromatic nitrogens is 2. The smallest absolute Gasteiger partial charge is 0.0644 e. The van der Waals surface area contributed by atoms with Gasteiger partial charge in [-0.25, -0.2) is 0 Å². The van der Waals surface area contributed by atoms with Crippen molar-refractivity contribution in [1.82, 2.24) is 14.7 Å². The van der Waals surface area contributed by atoms with Crippen LogP contribution in [0.1, 0.15) is 49.7 Å². The molecule has 1 aliphatic rings. The van der Waals surface area contributed by atoms with Crippen molar-refractivity contribution in [2.24, 2.45) is 5.73 Å². The normalized spacial score (nSPS) is 22.6. The average Bonchev–Trinajstić information content (AvgIpc) is 2.93. The van der Waals surface area contributed by atoms with Crippen LogP contribution in [0.5, 0.6) is 0 Å². The molecule has 0 amide bonds. The number of likely N-dealkylation sites (tertiary alicyclic amines) is 1. The first-order chi connectivity index (χ1) is 8.60. The van der Waals surface area contributed by atoms with Crippen molar-refractivity contribution in [2.75, 3.05) is 13.1 Å². The van der Waals surface area contributed by atoms with Crippen LogP contribution in [0.3, 0.4) is 0 Å². The van der Waals surface area contributed by atoms with Gasteiger partial charge in [0.1, 0.15) is 0 Å². The molecule has 0 aliphatic carbocycles. The predicted octanol–water partition coefficient (Wildman–Crippen LogP) is 2.00. The van der Waals surface area contributed by atoms with Crippen LogP contribution in [0.25, 0.3) is 0 Å². The highest BCUT2D eigenvalue weighted by atomic mass is 15.3. The van der Waals surface area contributed by atoms with E-state index in [1.54, 1.807) is 0 Å². The van der Waals surface area contributed by atoms with E-state index in [2.05, 4.69) is 42.4 Å². The highest BCUT2D eigenvalue weighted by Gasteiger charge is 2.30. The molecule has 2 atom stereocenters. The van der Waals surface area contributed by atoms with Crippen LogP contribution in [0.2, 0.25) is 0 Å². The second-order valence-electron chi connectivity index (χ2n) is 5.35. The molecule has 2 unspecified atom stereocenters. The van der Waals surface area contributed by atoms with Crippen molar-refractivity contribution < 1.29 is 0 Å². The highest BCUT2D eigenvalue weighted by molar-refractivity contribution is 5.28. The Morgan fingerprint density at radius 1 is 1.44 bits per heavy atom. The largest absolute Gasteiger partial charge is 0.329 e. The van der Waals surface area contributed by atoms with Crippen molar-refractivity contribution >= 4 is 0 Å². The summed E-state index contributed by atoms with van der Waals surface area (Å²) in [6.07, 6.45) is 2.51. The summed E-state index contributed by atoms with van der Waals surface area (Å²) in [5.74, 6) is 0. The van der Waals surface area contributed by atoms with E-state index in [4.69, 9.17) is 5.73 Å². The molecule has 1 aromatic rings. The lowest BCUT2D eigenvalue weighted by atomic mass is 10.0. The van der Waals surface area contributed by atoms with Gasteiger partial charge in [-0.3, -0.25) is 9.58 Å². The maximum absolute atomic E-state index is 5.89. The van der Waals surface area contributed by atoms with Gasteiger partial charge >= 0.3 is 0 Å². The molecular weight excluding hydrogens is 224 g/mol. The molecule has 0 aromatic carbocycles. The molecule has 1 fully saturated rings. The van der Waals surface area contributed by atoms with E-state index in [1.807, 2.05) is 0 Å². The number of rotatable bonds is 4. The summed E-state index contributed by atoms with van der Waals surface area (Å²) >= 11 is 0. The Morgan fingerprint density at radius 2 is 2.17 bits per heavy atom. The zero-order valence-electron chi connectivity index (χ0n) is 12.1. The third kappa shape index (κ3) is 2.19. The van der Waals surface area contributed by atoms with Gasteiger partial charge in [-0.1, -0.05) is 0 Å². The van der Waals surface area contributed by atoms with Gasteiger partial charge in [-0.2, -0.15) is 5.10 Å². The summed E-state index contributed by atoms with van der Waals surface area (Å²) in [5, 5.41) is 4.63. The molecule has 1 aliphatic heterocycles. The molecule has 0 spiro atoms. The molecule has 4 heteroatoms. The second kappa shape index (κ2) is 5.41. The average molecular weight is 250 g/mol. The lowest BCUT2D eigenvalue weighted by Crippen LogP contribution is -2.37. The summed E-state index contributed by atoms with van der Waals surface area (Å²) in [6, 6.07) is 0.977. The first-order valence-corrected chi connectivity index (χ1v) is 7.09. The number of aryl methyl sites for hydroxylation is 2. The lowest BCUT2D eigenvalue weighted by Gasteiger charge is -2.30. The SMILES string of the molecule is CCn1nc(C)c(C(C)N2CCCC2CN)c1C. The van der Waals surface area contributed by atoms with Gasteiger partial charge in [-0.15, -0.1) is 0 Å². The van der Waals surface area contributed by atoms with Gasteiger partial charge < -0.3 is 5.73 Å². The van der Waals surface area contributed by atoms with Crippen molar-refractivity contribution in [3.63, 3.8) is 0 Å². The fourth-order valence-electron chi connectivity index (χ4n) is 3.41. The standard InChI is InChI=1S/C14H26N4/c1-5-18-12(4)14(10(2)16-18)11(3)17-8-6-7-13(17)9-15/h11,13H,5-9,15H2,1-4H3. The minimum Gasteiger partial charge on any atom is -0.329 e. The van der Waals surface area contributed by atoms with Crippen LogP contribution in [0.4, 0.5) is 0 Å². The molecule has 2 N–H and O–H groups in total. The monoisotopic (exact) mass is 250 g/mol. The quantitative estimate of drug-likeness (QED) is 0.889. The molecule has 1 aromatic heterocycles. The molecule has 18 heavy (non-hydrogen) atoms. The minimum absolute atomic E-state index is 0.432. The Morgan fingerprint density at radius 3 is 2.72 bits per heavy atom. The summed E-state index contributed by atoms with van der Waals surface area (Å²) in [4.78, 5) is 2.55. The molecule has 0 radical (unpaired) electrons. The van der Waals surface area contributed by atoms with Gasteiger partial charge in [-0.05, 0) is 47.1 Å². The van der Waals surface area contributed by atoms with E-state index in [9.17, 15) is 0 Å². The molecule has 4 nitrogen and oxygen atoms in total. The van der Waals surface area contributed by atoms with Gasteiger partial charge in [0.15, 0.2) is 0 Å². The zero-order valence-corrected chi connectivity index (χ0v) is 12.1. The fraction of sp³-hybridized carbons (Fsp3) is 0.786. The first-order valence-electron chi connectivity index (χ1n) is 7.09. The van der Waals surface area contributed by atoms with Gasteiger partial charge in [0.25, 0.3) is 0 Å². The summed E-state index contributed by atoms with van der Waals surface area (Å²) in [7, 11) is 0. The van der Waals surface area contributed by atoms with Crippen LogP contribution >= 0.6 is 0 Å². The molecule has 1 saturated heterocycles. The Labute approximate surface area is 110 Å². The Hall–Kier alpha value is -0.870. The molecule has 2 heterocycles. The van der Waals surface area contributed by atoms with Crippen molar-refractivity contribution in [2.45, 2.75) is 59.2 Å². The third-order valence-electron chi connectivity index (χ3n) is 4.35. The number of nitrogens with two attached hydrogens (primary N) is 1. The van der Waals surface area contributed by atoms with E-state index in [0.29, 0.717) is 12.1 Å². The van der Waals surface area contributed by atoms with Gasteiger partial charge in [0, 0.05) is 36.4 Å². The second-order valence-corrected chi connectivity index (χ2v) is 5.35. The summed E-state index contributed by atoms with van der Waals surface area (Å²) in [6.45, 7) is 11.6. The highest BCUT2D eigenvalue weighted by Crippen LogP contribution is 2.32. The first kappa shape index (κ1) is 13.6. The lowest BCUT2D eigenvalue weighted by molar-refractivity contribution is 0.196. The van der Waals surface area contributed by atoms with Crippen LogP contribution in [-0.2, 0) is 6.54 Å². The Kier molecular flexibility index (Phi) is 4.07. The Balaban J connectivity index is 2.28. The minimum atomic E-state index is 0.432. The van der Waals surface area contributed by atoms with E-state index in [-0.39, 0.29) is 0 Å². The van der Waals surface area contributed by atoms with E-state index < -0.39 is 0 Å². The summed E-state index contributed by atoms with van der Waals surface area (Å²) in [5.41, 5.74) is 9.77. The number of nitrogens with zero attached hydrogens (tertiary/aromatic N) is 3. The maximum atomic E-state index is 5.89. The Bertz CT molecular complexity index is 410. The zero-order chi connectivity index (χ0) is 13.3. The van der Waals surface area contributed by atoms with E-state index in [1.165, 1.54) is 36.3 Å². The number of hydrogen-bond acceptors (Lipinski definition) is 3. The predicted molar refractivity (Wildman–Crippen MR) is 74.6 cm³/mol. The fourth-order valence-corrected chi connectivity index (χ4v) is 3.41. The van der Waals surface area contributed by atoms with Crippen molar-refractivity contribution in [3.8, 4) is 0 Å². The number of hydrogen-bond donors (Lipinski definition) is 1. The maximum Gasteiger partial charge on any atom is 0.0644 e. The van der Waals surface area contributed by atoms with Crippen LogP contribution in [0, 0.1) is 13.8 Å². The third-order valence-corrected chi connectivity index (χ3v) is 4.35. The van der Waals surface area contributed by atoms with Crippen molar-refractivity contribution in [3.05, 3.63) is 17.0 Å². The molecule has 2 rings (SSSR count). The van der Waals surface area contributed by atoms with Crippen LogP contribution in [0.15, 0.2) is 0 Å². The van der Waals surface area contributed by atoms with Gasteiger partial charge in [0.05, 0.1) is 5.69 Å². The van der Waals surface area contributed by atoms with E-state index in [0.717, 1.165) is 13.1 Å². The molecular formula is C14H26N4. The van der Waals surface area contributed by atoms with Gasteiger partial charge in [0.2, 0.25) is 0 Å².